The maximum Gasteiger partial charge on any atom is 0.251 e. The highest BCUT2D eigenvalue weighted by Gasteiger charge is 2.39. The quantitative estimate of drug-likeness (QED) is 0.582. The van der Waals surface area contributed by atoms with Gasteiger partial charge in [-0.3, -0.25) is 4.79 Å². The molecule has 1 amide bonds. The lowest BCUT2D eigenvalue weighted by Crippen LogP contribution is -2.43. The molecule has 164 valence electrons. The first-order chi connectivity index (χ1) is 15.7. The van der Waals surface area contributed by atoms with Gasteiger partial charge >= 0.3 is 0 Å². The van der Waals surface area contributed by atoms with E-state index in [0.29, 0.717) is 24.2 Å². The van der Waals surface area contributed by atoms with Gasteiger partial charge in [-0.1, -0.05) is 54.6 Å². The van der Waals surface area contributed by atoms with Gasteiger partial charge in [0, 0.05) is 24.2 Å². The summed E-state index contributed by atoms with van der Waals surface area (Å²) < 4.78 is 6.33. The minimum atomic E-state index is -0.0668. The maximum atomic E-state index is 12.6. The predicted molar refractivity (Wildman–Crippen MR) is 128 cm³/mol. The molecular formula is C28H30N2O2. The molecule has 0 aliphatic carbocycles. The van der Waals surface area contributed by atoms with E-state index in [0.717, 1.165) is 35.3 Å². The van der Waals surface area contributed by atoms with Crippen LogP contribution >= 0.6 is 0 Å². The van der Waals surface area contributed by atoms with Crippen molar-refractivity contribution in [3.63, 3.8) is 0 Å². The van der Waals surface area contributed by atoms with Crippen LogP contribution in [0.2, 0.25) is 0 Å². The third-order valence-electron chi connectivity index (χ3n) is 6.96. The highest BCUT2D eigenvalue weighted by Crippen LogP contribution is 2.36. The number of carbonyl (C=O) groups is 1. The second kappa shape index (κ2) is 9.17. The Hall–Kier alpha value is -3.11. The zero-order valence-corrected chi connectivity index (χ0v) is 18.5. The Bertz CT molecular complexity index is 1050. The highest BCUT2D eigenvalue weighted by molar-refractivity contribution is 5.94. The van der Waals surface area contributed by atoms with Gasteiger partial charge in [0.25, 0.3) is 5.91 Å². The van der Waals surface area contributed by atoms with E-state index in [2.05, 4.69) is 35.5 Å². The molecule has 0 spiro atoms. The normalized spacial score (nSPS) is 22.5. The second-order valence-electron chi connectivity index (χ2n) is 9.04. The molecule has 5 rings (SSSR count). The van der Waals surface area contributed by atoms with E-state index in [9.17, 15) is 4.79 Å². The number of ether oxygens (including phenoxy) is 1. The first kappa shape index (κ1) is 20.8. The third-order valence-corrected chi connectivity index (χ3v) is 6.96. The molecular weight excluding hydrogens is 396 g/mol. The van der Waals surface area contributed by atoms with E-state index >= 15 is 0 Å². The number of piperidine rings is 1. The lowest BCUT2D eigenvalue weighted by atomic mass is 10.0. The largest absolute Gasteiger partial charge is 0.490 e. The van der Waals surface area contributed by atoms with E-state index in [1.165, 1.54) is 12.8 Å². The Balaban J connectivity index is 1.17. The van der Waals surface area contributed by atoms with Gasteiger partial charge in [-0.2, -0.15) is 0 Å². The lowest BCUT2D eigenvalue weighted by Gasteiger charge is -2.36. The van der Waals surface area contributed by atoms with Crippen LogP contribution in [0.4, 0.5) is 0 Å². The Kier molecular flexibility index (Phi) is 5.95. The Morgan fingerprint density at radius 1 is 0.906 bits per heavy atom. The van der Waals surface area contributed by atoms with Crippen molar-refractivity contribution in [2.75, 3.05) is 7.05 Å². The number of nitrogens with zero attached hydrogens (tertiary/aromatic N) is 1. The zero-order chi connectivity index (χ0) is 21.9. The molecule has 0 aromatic heterocycles. The Morgan fingerprint density at radius 2 is 1.59 bits per heavy atom. The number of nitrogens with one attached hydrogen (secondary N) is 1. The molecule has 4 nitrogen and oxygen atoms in total. The van der Waals surface area contributed by atoms with Crippen LogP contribution in [-0.4, -0.2) is 36.0 Å². The van der Waals surface area contributed by atoms with Crippen molar-refractivity contribution in [3.8, 4) is 16.9 Å². The molecule has 1 N–H and O–H groups in total. The molecule has 2 unspecified atom stereocenters. The summed E-state index contributed by atoms with van der Waals surface area (Å²) in [6.45, 7) is 0.481. The summed E-state index contributed by atoms with van der Waals surface area (Å²) in [5.41, 5.74) is 3.97. The van der Waals surface area contributed by atoms with Crippen LogP contribution in [0.25, 0.3) is 11.1 Å². The van der Waals surface area contributed by atoms with E-state index in [1.807, 2.05) is 60.7 Å². The standard InChI is InChI=1S/C28H30N2O2/c1-30-24-14-15-25(30)18-27(17-24)32-26-9-5-6-20(16-26)19-29-28(31)23-12-10-22(11-13-23)21-7-3-2-4-8-21/h2-13,16,24-25,27H,14-15,17-19H2,1H3,(H,29,31). The van der Waals surface area contributed by atoms with Crippen molar-refractivity contribution in [2.45, 2.75) is 50.4 Å². The van der Waals surface area contributed by atoms with Gasteiger partial charge in [0.2, 0.25) is 0 Å². The van der Waals surface area contributed by atoms with Gasteiger partial charge in [0.05, 0.1) is 0 Å². The van der Waals surface area contributed by atoms with Crippen molar-refractivity contribution < 1.29 is 9.53 Å². The van der Waals surface area contributed by atoms with Gasteiger partial charge in [0.1, 0.15) is 11.9 Å². The van der Waals surface area contributed by atoms with Crippen LogP contribution in [0.1, 0.15) is 41.6 Å². The summed E-state index contributed by atoms with van der Waals surface area (Å²) in [5, 5.41) is 3.03. The lowest BCUT2D eigenvalue weighted by molar-refractivity contribution is 0.0661. The SMILES string of the molecule is CN1C2CCC1CC(Oc1cccc(CNC(=O)c3ccc(-c4ccccc4)cc3)c1)C2. The Labute approximate surface area is 190 Å². The molecule has 3 aromatic carbocycles. The molecule has 2 heterocycles. The molecule has 0 saturated carbocycles. The number of hydrogen-bond acceptors (Lipinski definition) is 3. The predicted octanol–water partition coefficient (Wildman–Crippen LogP) is 5.29. The fourth-order valence-electron chi connectivity index (χ4n) is 5.11. The summed E-state index contributed by atoms with van der Waals surface area (Å²) in [4.78, 5) is 15.2. The number of fused-ring (bicyclic) bond motifs is 2. The molecule has 2 atom stereocenters. The molecule has 2 saturated heterocycles. The van der Waals surface area contributed by atoms with Crippen molar-refractivity contribution in [3.05, 3.63) is 90.0 Å². The van der Waals surface area contributed by atoms with Gasteiger partial charge < -0.3 is 15.0 Å². The van der Waals surface area contributed by atoms with Crippen LogP contribution < -0.4 is 10.1 Å². The topological polar surface area (TPSA) is 41.6 Å². The average Bonchev–Trinajstić information content (AvgIpc) is 3.04. The Morgan fingerprint density at radius 3 is 2.31 bits per heavy atom. The number of amides is 1. The summed E-state index contributed by atoms with van der Waals surface area (Å²) in [6.07, 6.45) is 5.08. The van der Waals surface area contributed by atoms with Gasteiger partial charge in [-0.05, 0) is 73.7 Å². The van der Waals surface area contributed by atoms with Crippen LogP contribution in [0.5, 0.6) is 5.75 Å². The molecule has 4 heteroatoms. The minimum Gasteiger partial charge on any atom is -0.490 e. The smallest absolute Gasteiger partial charge is 0.251 e. The molecule has 0 radical (unpaired) electrons. The number of carbonyl (C=O) groups excluding carboxylic acids is 1. The molecule has 2 bridgehead atoms. The molecule has 2 aliphatic heterocycles. The maximum absolute atomic E-state index is 12.6. The third kappa shape index (κ3) is 4.56. The summed E-state index contributed by atoms with van der Waals surface area (Å²) in [6, 6.07) is 27.4. The number of rotatable bonds is 6. The average molecular weight is 427 g/mol. The van der Waals surface area contributed by atoms with E-state index < -0.39 is 0 Å². The zero-order valence-electron chi connectivity index (χ0n) is 18.5. The highest BCUT2D eigenvalue weighted by atomic mass is 16.5. The van der Waals surface area contributed by atoms with Gasteiger partial charge in [-0.15, -0.1) is 0 Å². The fourth-order valence-corrected chi connectivity index (χ4v) is 5.11. The monoisotopic (exact) mass is 426 g/mol. The molecule has 2 fully saturated rings. The van der Waals surface area contributed by atoms with Crippen molar-refractivity contribution in [1.29, 1.82) is 0 Å². The number of hydrogen-bond donors (Lipinski definition) is 1. The summed E-state index contributed by atoms with van der Waals surface area (Å²) in [5.74, 6) is 0.834. The van der Waals surface area contributed by atoms with Crippen molar-refractivity contribution >= 4 is 5.91 Å². The first-order valence-electron chi connectivity index (χ1n) is 11.6. The van der Waals surface area contributed by atoms with E-state index in [-0.39, 0.29) is 12.0 Å². The first-order valence-corrected chi connectivity index (χ1v) is 11.6. The molecule has 32 heavy (non-hydrogen) atoms. The van der Waals surface area contributed by atoms with Crippen LogP contribution in [0.3, 0.4) is 0 Å². The molecule has 2 aliphatic rings. The number of benzene rings is 3. The van der Waals surface area contributed by atoms with Crippen LogP contribution in [0, 0.1) is 0 Å². The molecule has 3 aromatic rings. The van der Waals surface area contributed by atoms with Crippen molar-refractivity contribution in [1.82, 2.24) is 10.2 Å². The van der Waals surface area contributed by atoms with Gasteiger partial charge in [-0.25, -0.2) is 0 Å². The summed E-state index contributed by atoms with van der Waals surface area (Å²) >= 11 is 0. The second-order valence-corrected chi connectivity index (χ2v) is 9.04. The van der Waals surface area contributed by atoms with Crippen LogP contribution in [0.15, 0.2) is 78.9 Å². The van der Waals surface area contributed by atoms with E-state index in [1.54, 1.807) is 0 Å². The van der Waals surface area contributed by atoms with Gasteiger partial charge in [0.15, 0.2) is 0 Å². The minimum absolute atomic E-state index is 0.0668. The fraction of sp³-hybridized carbons (Fsp3) is 0.321. The van der Waals surface area contributed by atoms with Crippen LogP contribution in [-0.2, 0) is 6.54 Å². The summed E-state index contributed by atoms with van der Waals surface area (Å²) in [7, 11) is 2.25. The van der Waals surface area contributed by atoms with E-state index in [4.69, 9.17) is 4.74 Å². The van der Waals surface area contributed by atoms with Crippen molar-refractivity contribution in [2.24, 2.45) is 0 Å².